The molecule has 0 aliphatic heterocycles. The molecule has 0 fully saturated rings. The molecule has 0 aliphatic carbocycles. The normalized spacial score (nSPS) is 10.2. The Hall–Kier alpha value is -2.35. The molecule has 2 aromatic carbocycles. The summed E-state index contributed by atoms with van der Waals surface area (Å²) in [6.45, 7) is 0. The quantitative estimate of drug-likeness (QED) is 0.669. The van der Waals surface area contributed by atoms with Gasteiger partial charge in [-0.3, -0.25) is 14.9 Å². The lowest BCUT2D eigenvalue weighted by Crippen LogP contribution is -2.16. The van der Waals surface area contributed by atoms with Crippen LogP contribution in [0.4, 0.5) is 20.2 Å². The lowest BCUT2D eigenvalue weighted by molar-refractivity contribution is -0.387. The van der Waals surface area contributed by atoms with Gasteiger partial charge in [0.15, 0.2) is 0 Å². The number of carbonyl (C=O) groups is 1. The molecule has 0 bridgehead atoms. The molecule has 0 radical (unpaired) electrons. The average molecular weight is 357 g/mol. The SMILES string of the molecule is O=C(Nc1ccc(Br)cc1)c1c(F)ccc([N+](=O)[O-])c1F. The molecule has 2 rings (SSSR count). The van der Waals surface area contributed by atoms with Crippen molar-refractivity contribution >= 4 is 33.2 Å². The highest BCUT2D eigenvalue weighted by Gasteiger charge is 2.26. The zero-order valence-electron chi connectivity index (χ0n) is 10.3. The van der Waals surface area contributed by atoms with Gasteiger partial charge in [0.1, 0.15) is 11.4 Å². The van der Waals surface area contributed by atoms with E-state index in [1.54, 1.807) is 12.1 Å². The Morgan fingerprint density at radius 3 is 2.33 bits per heavy atom. The van der Waals surface area contributed by atoms with E-state index in [1.165, 1.54) is 12.1 Å². The topological polar surface area (TPSA) is 72.2 Å². The molecule has 5 nitrogen and oxygen atoms in total. The lowest BCUT2D eigenvalue weighted by atomic mass is 10.1. The Morgan fingerprint density at radius 2 is 1.76 bits per heavy atom. The predicted molar refractivity (Wildman–Crippen MR) is 75.1 cm³/mol. The Kier molecular flexibility index (Phi) is 4.27. The van der Waals surface area contributed by atoms with Gasteiger partial charge < -0.3 is 5.32 Å². The van der Waals surface area contributed by atoms with Gasteiger partial charge in [-0.2, -0.15) is 4.39 Å². The van der Waals surface area contributed by atoms with E-state index in [1.807, 2.05) is 0 Å². The van der Waals surface area contributed by atoms with Gasteiger partial charge in [0, 0.05) is 16.2 Å². The highest BCUT2D eigenvalue weighted by molar-refractivity contribution is 9.10. The Morgan fingerprint density at radius 1 is 1.14 bits per heavy atom. The van der Waals surface area contributed by atoms with E-state index >= 15 is 0 Å². The maximum absolute atomic E-state index is 13.9. The monoisotopic (exact) mass is 356 g/mol. The molecule has 0 atom stereocenters. The summed E-state index contributed by atoms with van der Waals surface area (Å²) in [7, 11) is 0. The average Bonchev–Trinajstić information content (AvgIpc) is 2.41. The van der Waals surface area contributed by atoms with Gasteiger partial charge in [0.05, 0.1) is 4.92 Å². The van der Waals surface area contributed by atoms with E-state index in [9.17, 15) is 23.7 Å². The Balaban J connectivity index is 2.37. The number of nitro groups is 1. The highest BCUT2D eigenvalue weighted by Crippen LogP contribution is 2.24. The van der Waals surface area contributed by atoms with Gasteiger partial charge in [0.25, 0.3) is 5.91 Å². The number of hydrogen-bond acceptors (Lipinski definition) is 3. The van der Waals surface area contributed by atoms with Crippen LogP contribution in [-0.4, -0.2) is 10.8 Å². The highest BCUT2D eigenvalue weighted by atomic mass is 79.9. The summed E-state index contributed by atoms with van der Waals surface area (Å²) in [4.78, 5) is 21.5. The zero-order chi connectivity index (χ0) is 15.6. The third-order valence-corrected chi connectivity index (χ3v) is 3.13. The molecule has 0 unspecified atom stereocenters. The summed E-state index contributed by atoms with van der Waals surface area (Å²) in [6.07, 6.45) is 0. The first-order valence-electron chi connectivity index (χ1n) is 5.59. The van der Waals surface area contributed by atoms with Crippen molar-refractivity contribution in [1.29, 1.82) is 0 Å². The van der Waals surface area contributed by atoms with Crippen LogP contribution in [0.15, 0.2) is 40.9 Å². The van der Waals surface area contributed by atoms with E-state index < -0.39 is 33.7 Å². The maximum atomic E-state index is 13.9. The second-order valence-electron chi connectivity index (χ2n) is 3.97. The molecule has 0 heterocycles. The number of halogens is 3. The Labute approximate surface area is 125 Å². The largest absolute Gasteiger partial charge is 0.322 e. The van der Waals surface area contributed by atoms with Gasteiger partial charge in [-0.05, 0) is 30.3 Å². The van der Waals surface area contributed by atoms with E-state index in [-0.39, 0.29) is 0 Å². The number of nitrogens with one attached hydrogen (secondary N) is 1. The molecule has 21 heavy (non-hydrogen) atoms. The third kappa shape index (κ3) is 3.22. The molecular weight excluding hydrogens is 350 g/mol. The van der Waals surface area contributed by atoms with Crippen LogP contribution in [0.1, 0.15) is 10.4 Å². The van der Waals surface area contributed by atoms with Crippen molar-refractivity contribution in [1.82, 2.24) is 0 Å². The van der Waals surface area contributed by atoms with E-state index in [4.69, 9.17) is 0 Å². The first-order valence-corrected chi connectivity index (χ1v) is 6.38. The number of rotatable bonds is 3. The summed E-state index contributed by atoms with van der Waals surface area (Å²) in [5.74, 6) is -3.78. The number of amides is 1. The maximum Gasteiger partial charge on any atom is 0.305 e. The van der Waals surface area contributed by atoms with Crippen LogP contribution in [0.25, 0.3) is 0 Å². The third-order valence-electron chi connectivity index (χ3n) is 2.60. The van der Waals surface area contributed by atoms with Crippen molar-refractivity contribution in [3.05, 3.63) is 68.2 Å². The molecule has 0 spiro atoms. The summed E-state index contributed by atoms with van der Waals surface area (Å²) in [5, 5.41) is 12.9. The van der Waals surface area contributed by atoms with Crippen molar-refractivity contribution in [2.24, 2.45) is 0 Å². The number of nitrogens with zero attached hydrogens (tertiary/aromatic N) is 1. The van der Waals surface area contributed by atoms with Crippen LogP contribution in [0, 0.1) is 21.7 Å². The zero-order valence-corrected chi connectivity index (χ0v) is 11.9. The summed E-state index contributed by atoms with van der Waals surface area (Å²) in [6, 6.07) is 7.61. The summed E-state index contributed by atoms with van der Waals surface area (Å²) in [5.41, 5.74) is -1.65. The Bertz CT molecular complexity index is 720. The number of anilines is 1. The number of nitro benzene ring substituents is 1. The minimum absolute atomic E-state index is 0.300. The van der Waals surface area contributed by atoms with Crippen molar-refractivity contribution in [3.63, 3.8) is 0 Å². The van der Waals surface area contributed by atoms with Crippen LogP contribution < -0.4 is 5.32 Å². The molecule has 108 valence electrons. The van der Waals surface area contributed by atoms with E-state index in [0.29, 0.717) is 17.8 Å². The smallest absolute Gasteiger partial charge is 0.305 e. The fraction of sp³-hybridized carbons (Fsp3) is 0. The lowest BCUT2D eigenvalue weighted by Gasteiger charge is -2.07. The molecule has 0 saturated heterocycles. The number of hydrogen-bond donors (Lipinski definition) is 1. The van der Waals surface area contributed by atoms with Crippen LogP contribution >= 0.6 is 15.9 Å². The van der Waals surface area contributed by atoms with Gasteiger partial charge >= 0.3 is 5.69 Å². The molecule has 0 aromatic heterocycles. The molecule has 2 aromatic rings. The first-order chi connectivity index (χ1) is 9.90. The number of carbonyl (C=O) groups excluding carboxylic acids is 1. The second kappa shape index (κ2) is 5.96. The van der Waals surface area contributed by atoms with Crippen LogP contribution in [-0.2, 0) is 0 Å². The molecular formula is C13H7BrF2N2O3. The molecule has 8 heteroatoms. The van der Waals surface area contributed by atoms with Crippen LogP contribution in [0.2, 0.25) is 0 Å². The molecule has 1 N–H and O–H groups in total. The summed E-state index contributed by atoms with van der Waals surface area (Å²) < 4.78 is 28.2. The van der Waals surface area contributed by atoms with E-state index in [2.05, 4.69) is 21.2 Å². The fourth-order valence-electron chi connectivity index (χ4n) is 1.62. The van der Waals surface area contributed by atoms with Gasteiger partial charge in [0.2, 0.25) is 5.82 Å². The standard InChI is InChI=1S/C13H7BrF2N2O3/c14-7-1-3-8(4-2-7)17-13(19)11-9(15)5-6-10(12(11)16)18(20)21/h1-6H,(H,17,19). The molecule has 0 saturated carbocycles. The van der Waals surface area contributed by atoms with Gasteiger partial charge in [-0.25, -0.2) is 4.39 Å². The van der Waals surface area contributed by atoms with Gasteiger partial charge in [-0.1, -0.05) is 15.9 Å². The first kappa shape index (κ1) is 15.0. The van der Waals surface area contributed by atoms with E-state index in [0.717, 1.165) is 4.47 Å². The number of benzene rings is 2. The molecule has 0 aliphatic rings. The van der Waals surface area contributed by atoms with Crippen molar-refractivity contribution in [3.8, 4) is 0 Å². The van der Waals surface area contributed by atoms with Crippen molar-refractivity contribution in [2.45, 2.75) is 0 Å². The predicted octanol–water partition coefficient (Wildman–Crippen LogP) is 3.89. The minimum Gasteiger partial charge on any atom is -0.322 e. The van der Waals surface area contributed by atoms with Crippen molar-refractivity contribution < 1.29 is 18.5 Å². The minimum atomic E-state index is -1.50. The molecule has 1 amide bonds. The van der Waals surface area contributed by atoms with Crippen molar-refractivity contribution in [2.75, 3.05) is 5.32 Å². The fourth-order valence-corrected chi connectivity index (χ4v) is 1.88. The van der Waals surface area contributed by atoms with Crippen LogP contribution in [0.3, 0.4) is 0 Å². The van der Waals surface area contributed by atoms with Crippen LogP contribution in [0.5, 0.6) is 0 Å². The van der Waals surface area contributed by atoms with Gasteiger partial charge in [-0.15, -0.1) is 0 Å². The second-order valence-corrected chi connectivity index (χ2v) is 4.89. The summed E-state index contributed by atoms with van der Waals surface area (Å²) >= 11 is 3.20.